The Balaban J connectivity index is 1.43. The summed E-state index contributed by atoms with van der Waals surface area (Å²) in [5.74, 6) is 0.143. The topological polar surface area (TPSA) is 76.3 Å². The van der Waals surface area contributed by atoms with Gasteiger partial charge in [0.05, 0.1) is 11.4 Å². The van der Waals surface area contributed by atoms with Crippen molar-refractivity contribution in [2.24, 2.45) is 18.9 Å². The first-order valence-electron chi connectivity index (χ1n) is 8.79. The van der Waals surface area contributed by atoms with E-state index in [0.29, 0.717) is 18.0 Å². The van der Waals surface area contributed by atoms with Gasteiger partial charge < -0.3 is 15.1 Å². The molecule has 1 aliphatic heterocycles. The maximum Gasteiger partial charge on any atom is 0.419 e. The fraction of sp³-hybridized carbons (Fsp3) is 0.556. The van der Waals surface area contributed by atoms with Gasteiger partial charge in [0.2, 0.25) is 5.91 Å². The molecule has 4 unspecified atom stereocenters. The maximum absolute atomic E-state index is 12.4. The lowest BCUT2D eigenvalue weighted by Gasteiger charge is -2.41. The molecule has 4 atom stereocenters. The van der Waals surface area contributed by atoms with Crippen molar-refractivity contribution in [1.82, 2.24) is 9.88 Å². The molecule has 2 aliphatic rings. The molecule has 7 heteroatoms. The SMILES string of the molecule is Cn1c(=O)oc2cc(NCC3CC4CC(Cl)CCC4NC3=O)ccc21. The van der Waals surface area contributed by atoms with E-state index in [0.717, 1.165) is 36.9 Å². The second-order valence-electron chi connectivity index (χ2n) is 7.21. The number of fused-ring (bicyclic) bond motifs is 2. The van der Waals surface area contributed by atoms with E-state index in [-0.39, 0.29) is 29.0 Å². The Morgan fingerprint density at radius 2 is 2.16 bits per heavy atom. The minimum atomic E-state index is -0.377. The van der Waals surface area contributed by atoms with Crippen molar-refractivity contribution in [2.75, 3.05) is 11.9 Å². The van der Waals surface area contributed by atoms with Crippen LogP contribution in [0.25, 0.3) is 11.1 Å². The van der Waals surface area contributed by atoms with Gasteiger partial charge >= 0.3 is 5.76 Å². The van der Waals surface area contributed by atoms with Gasteiger partial charge in [-0.3, -0.25) is 9.36 Å². The van der Waals surface area contributed by atoms with Crippen LogP contribution in [0.15, 0.2) is 27.4 Å². The van der Waals surface area contributed by atoms with Crippen LogP contribution in [0.1, 0.15) is 25.7 Å². The van der Waals surface area contributed by atoms with Crippen LogP contribution >= 0.6 is 11.6 Å². The molecule has 2 aromatic rings. The number of halogens is 1. The monoisotopic (exact) mass is 363 g/mol. The summed E-state index contributed by atoms with van der Waals surface area (Å²) in [5.41, 5.74) is 2.14. The van der Waals surface area contributed by atoms with Gasteiger partial charge in [-0.15, -0.1) is 11.6 Å². The predicted octanol–water partition coefficient (Wildman–Crippen LogP) is 2.46. The predicted molar refractivity (Wildman–Crippen MR) is 97.0 cm³/mol. The third-order valence-corrected chi connectivity index (χ3v) is 5.95. The summed E-state index contributed by atoms with van der Waals surface area (Å²) in [7, 11) is 1.68. The summed E-state index contributed by atoms with van der Waals surface area (Å²) in [4.78, 5) is 23.9. The molecule has 0 radical (unpaired) electrons. The van der Waals surface area contributed by atoms with Gasteiger partial charge in [0.15, 0.2) is 5.58 Å². The molecule has 1 aromatic heterocycles. The first-order chi connectivity index (χ1) is 12.0. The van der Waals surface area contributed by atoms with Crippen LogP contribution < -0.4 is 16.4 Å². The van der Waals surface area contributed by atoms with Gasteiger partial charge in [-0.25, -0.2) is 4.79 Å². The molecule has 1 aliphatic carbocycles. The molecule has 1 aromatic carbocycles. The molecule has 2 heterocycles. The lowest BCUT2D eigenvalue weighted by Crippen LogP contribution is -2.53. The molecular weight excluding hydrogens is 342 g/mol. The van der Waals surface area contributed by atoms with Gasteiger partial charge in [0, 0.05) is 36.8 Å². The zero-order valence-corrected chi connectivity index (χ0v) is 14.9. The Morgan fingerprint density at radius 3 is 3.00 bits per heavy atom. The number of alkyl halides is 1. The van der Waals surface area contributed by atoms with E-state index in [2.05, 4.69) is 10.6 Å². The van der Waals surface area contributed by atoms with Crippen LogP contribution in [0.5, 0.6) is 0 Å². The Hall–Kier alpha value is -1.95. The molecule has 2 fully saturated rings. The molecule has 6 nitrogen and oxygen atoms in total. The summed E-state index contributed by atoms with van der Waals surface area (Å²) in [6, 6.07) is 5.83. The minimum absolute atomic E-state index is 0.0679. The molecular formula is C18H22ClN3O3. The van der Waals surface area contributed by atoms with Crippen molar-refractivity contribution in [3.63, 3.8) is 0 Å². The van der Waals surface area contributed by atoms with Crippen molar-refractivity contribution in [1.29, 1.82) is 0 Å². The Labute approximate surface area is 150 Å². The number of benzene rings is 1. The summed E-state index contributed by atoms with van der Waals surface area (Å²) >= 11 is 6.30. The highest BCUT2D eigenvalue weighted by Gasteiger charge is 2.38. The van der Waals surface area contributed by atoms with Crippen molar-refractivity contribution in [3.05, 3.63) is 28.7 Å². The number of nitrogens with one attached hydrogen (secondary N) is 2. The summed E-state index contributed by atoms with van der Waals surface area (Å²) in [5, 5.41) is 6.70. The molecule has 25 heavy (non-hydrogen) atoms. The quantitative estimate of drug-likeness (QED) is 0.821. The van der Waals surface area contributed by atoms with Gasteiger partial charge in [-0.1, -0.05) is 0 Å². The van der Waals surface area contributed by atoms with E-state index in [4.69, 9.17) is 16.0 Å². The standard InChI is InChI=1S/C18H22ClN3O3/c1-22-15-5-3-13(8-16(15)25-18(22)24)20-9-11-6-10-7-12(19)2-4-14(10)21-17(11)23/h3,5,8,10-12,14,20H,2,4,6-7,9H2,1H3,(H,21,23). The fourth-order valence-electron chi connectivity index (χ4n) is 4.09. The highest BCUT2D eigenvalue weighted by atomic mass is 35.5. The number of amides is 1. The second kappa shape index (κ2) is 6.41. The van der Waals surface area contributed by atoms with Crippen molar-refractivity contribution in [3.8, 4) is 0 Å². The van der Waals surface area contributed by atoms with E-state index >= 15 is 0 Å². The zero-order chi connectivity index (χ0) is 17.6. The molecule has 2 N–H and O–H groups in total. The Bertz CT molecular complexity index is 859. The molecule has 0 bridgehead atoms. The van der Waals surface area contributed by atoms with Crippen LogP contribution in [0, 0.1) is 11.8 Å². The van der Waals surface area contributed by atoms with Crippen molar-refractivity contribution >= 4 is 34.3 Å². The molecule has 134 valence electrons. The number of piperidine rings is 1. The van der Waals surface area contributed by atoms with Crippen LogP contribution in [0.3, 0.4) is 0 Å². The molecule has 1 saturated carbocycles. The van der Waals surface area contributed by atoms with Crippen LogP contribution in [0.4, 0.5) is 5.69 Å². The lowest BCUT2D eigenvalue weighted by molar-refractivity contribution is -0.129. The van der Waals surface area contributed by atoms with E-state index in [1.165, 1.54) is 4.57 Å². The van der Waals surface area contributed by atoms with Crippen molar-refractivity contribution in [2.45, 2.75) is 37.1 Å². The van der Waals surface area contributed by atoms with Crippen LogP contribution in [-0.2, 0) is 11.8 Å². The van der Waals surface area contributed by atoms with Gasteiger partial charge in [0.25, 0.3) is 0 Å². The first-order valence-corrected chi connectivity index (χ1v) is 9.23. The van der Waals surface area contributed by atoms with Crippen molar-refractivity contribution < 1.29 is 9.21 Å². The second-order valence-corrected chi connectivity index (χ2v) is 7.83. The summed E-state index contributed by atoms with van der Waals surface area (Å²) in [6.45, 7) is 0.560. The van der Waals surface area contributed by atoms with E-state index < -0.39 is 0 Å². The van der Waals surface area contributed by atoms with Crippen LogP contribution in [-0.4, -0.2) is 28.4 Å². The van der Waals surface area contributed by atoms with Gasteiger partial charge in [-0.05, 0) is 43.7 Å². The fourth-order valence-corrected chi connectivity index (χ4v) is 4.45. The third kappa shape index (κ3) is 3.15. The molecule has 1 saturated heterocycles. The number of hydrogen-bond acceptors (Lipinski definition) is 4. The number of aryl methyl sites for hydroxylation is 1. The van der Waals surface area contributed by atoms with E-state index in [9.17, 15) is 9.59 Å². The largest absolute Gasteiger partial charge is 0.419 e. The molecule has 1 amide bonds. The highest BCUT2D eigenvalue weighted by molar-refractivity contribution is 6.20. The molecule has 4 rings (SSSR count). The number of hydrogen-bond donors (Lipinski definition) is 2. The Kier molecular flexibility index (Phi) is 4.23. The average Bonchev–Trinajstić information content (AvgIpc) is 2.87. The number of rotatable bonds is 3. The van der Waals surface area contributed by atoms with Gasteiger partial charge in [-0.2, -0.15) is 0 Å². The first kappa shape index (κ1) is 16.5. The maximum atomic E-state index is 12.4. The number of nitrogens with zero attached hydrogens (tertiary/aromatic N) is 1. The van der Waals surface area contributed by atoms with Gasteiger partial charge in [0.1, 0.15) is 0 Å². The number of anilines is 1. The third-order valence-electron chi connectivity index (χ3n) is 5.55. The number of oxazole rings is 1. The van der Waals surface area contributed by atoms with E-state index in [1.807, 2.05) is 12.1 Å². The smallest absolute Gasteiger partial charge is 0.408 e. The van der Waals surface area contributed by atoms with E-state index in [1.54, 1.807) is 13.1 Å². The normalized spacial score (nSPS) is 29.3. The minimum Gasteiger partial charge on any atom is -0.408 e. The number of aromatic nitrogens is 1. The average molecular weight is 364 g/mol. The zero-order valence-electron chi connectivity index (χ0n) is 14.1. The molecule has 0 spiro atoms. The number of carbonyl (C=O) groups excluding carboxylic acids is 1. The number of carbonyl (C=O) groups is 1. The van der Waals surface area contributed by atoms with Crippen LogP contribution in [0.2, 0.25) is 0 Å². The highest BCUT2D eigenvalue weighted by Crippen LogP contribution is 2.35. The Morgan fingerprint density at radius 1 is 1.32 bits per heavy atom. The summed E-state index contributed by atoms with van der Waals surface area (Å²) in [6.07, 6.45) is 3.81. The summed E-state index contributed by atoms with van der Waals surface area (Å²) < 4.78 is 6.68. The lowest BCUT2D eigenvalue weighted by atomic mass is 9.75.